The van der Waals surface area contributed by atoms with E-state index in [4.69, 9.17) is 11.5 Å². The van der Waals surface area contributed by atoms with E-state index in [1.807, 2.05) is 31.3 Å². The fourth-order valence-corrected chi connectivity index (χ4v) is 4.45. The number of amides is 2. The summed E-state index contributed by atoms with van der Waals surface area (Å²) in [4.78, 5) is 37.9. The van der Waals surface area contributed by atoms with E-state index in [9.17, 15) is 9.59 Å². The first-order valence-corrected chi connectivity index (χ1v) is 12.5. The molecule has 9 heteroatoms. The van der Waals surface area contributed by atoms with E-state index in [2.05, 4.69) is 25.6 Å². The van der Waals surface area contributed by atoms with Gasteiger partial charge in [0, 0.05) is 48.0 Å². The average molecular weight is 498 g/mol. The van der Waals surface area contributed by atoms with Crippen LogP contribution in [0.25, 0.3) is 21.9 Å². The molecule has 37 heavy (non-hydrogen) atoms. The maximum absolute atomic E-state index is 12.5. The van der Waals surface area contributed by atoms with E-state index in [-0.39, 0.29) is 5.82 Å². The molecule has 6 N–H and O–H groups in total. The molecule has 2 aliphatic rings. The smallest absolute Gasteiger partial charge is 0.314 e. The monoisotopic (exact) mass is 497 g/mol. The van der Waals surface area contributed by atoms with Crippen molar-refractivity contribution >= 4 is 40.3 Å². The highest BCUT2D eigenvalue weighted by Crippen LogP contribution is 2.42. The molecular formula is C28H31N7O2. The molecular weight excluding hydrogens is 466 g/mol. The molecule has 1 aromatic carbocycles. The molecule has 0 bridgehead atoms. The molecule has 9 nitrogen and oxygen atoms in total. The van der Waals surface area contributed by atoms with Crippen LogP contribution >= 0.6 is 0 Å². The zero-order valence-electron chi connectivity index (χ0n) is 20.8. The van der Waals surface area contributed by atoms with Crippen molar-refractivity contribution in [2.45, 2.75) is 38.6 Å². The Labute approximate surface area is 215 Å². The van der Waals surface area contributed by atoms with Crippen LogP contribution in [0.2, 0.25) is 0 Å². The van der Waals surface area contributed by atoms with Crippen LogP contribution in [0.1, 0.15) is 31.2 Å². The lowest BCUT2D eigenvalue weighted by atomic mass is 9.99. The molecule has 2 saturated carbocycles. The first kappa shape index (κ1) is 24.4. The number of hydrogen-bond donors (Lipinski definition) is 4. The van der Waals surface area contributed by atoms with Gasteiger partial charge in [0.1, 0.15) is 5.82 Å². The number of aromatic nitrogens is 2. The van der Waals surface area contributed by atoms with Crippen molar-refractivity contribution in [2.24, 2.45) is 22.6 Å². The lowest BCUT2D eigenvalue weighted by molar-refractivity contribution is -0.136. The van der Waals surface area contributed by atoms with Crippen molar-refractivity contribution in [2.75, 3.05) is 17.6 Å². The third kappa shape index (κ3) is 5.94. The van der Waals surface area contributed by atoms with Crippen LogP contribution in [-0.2, 0) is 9.59 Å². The van der Waals surface area contributed by atoms with Crippen LogP contribution in [0, 0.1) is 18.8 Å². The van der Waals surface area contributed by atoms with Gasteiger partial charge in [0.15, 0.2) is 0 Å². The van der Waals surface area contributed by atoms with Crippen LogP contribution in [0.3, 0.4) is 0 Å². The number of pyridine rings is 2. The molecule has 2 unspecified atom stereocenters. The van der Waals surface area contributed by atoms with E-state index in [0.29, 0.717) is 30.1 Å². The zero-order chi connectivity index (χ0) is 25.9. The van der Waals surface area contributed by atoms with Gasteiger partial charge < -0.3 is 22.1 Å². The Bertz CT molecular complexity index is 1410. The van der Waals surface area contributed by atoms with Crippen LogP contribution in [-0.4, -0.2) is 40.6 Å². The van der Waals surface area contributed by atoms with Gasteiger partial charge in [-0.15, -0.1) is 0 Å². The molecule has 0 aliphatic heterocycles. The molecule has 2 amide bonds. The number of anilines is 2. The van der Waals surface area contributed by atoms with Crippen molar-refractivity contribution in [1.82, 2.24) is 15.3 Å². The van der Waals surface area contributed by atoms with E-state index in [1.165, 1.54) is 0 Å². The largest absolute Gasteiger partial charge is 0.404 e. The Morgan fingerprint density at radius 2 is 2.00 bits per heavy atom. The van der Waals surface area contributed by atoms with Crippen LogP contribution < -0.4 is 22.1 Å². The van der Waals surface area contributed by atoms with E-state index in [1.54, 1.807) is 30.9 Å². The average Bonchev–Trinajstić information content (AvgIpc) is 3.82. The lowest BCUT2D eigenvalue weighted by Gasteiger charge is -2.11. The molecule has 2 aromatic heterocycles. The molecule has 0 saturated heterocycles. The van der Waals surface area contributed by atoms with Crippen molar-refractivity contribution in [3.63, 3.8) is 0 Å². The van der Waals surface area contributed by atoms with Gasteiger partial charge in [0.2, 0.25) is 0 Å². The maximum atomic E-state index is 12.5. The van der Waals surface area contributed by atoms with Crippen molar-refractivity contribution < 1.29 is 9.59 Å². The minimum atomic E-state index is -0.754. The highest BCUT2D eigenvalue weighted by Gasteiger charge is 2.37. The van der Waals surface area contributed by atoms with Crippen LogP contribution in [0.4, 0.5) is 11.5 Å². The summed E-state index contributed by atoms with van der Waals surface area (Å²) in [5.41, 5.74) is 16.6. The summed E-state index contributed by atoms with van der Waals surface area (Å²) in [5.74, 6) is -0.387. The second-order valence-electron chi connectivity index (χ2n) is 9.92. The molecule has 2 aliphatic carbocycles. The van der Waals surface area contributed by atoms with E-state index < -0.39 is 11.8 Å². The topological polar surface area (TPSA) is 148 Å². The number of fused-ring (bicyclic) bond motifs is 1. The number of aryl methyl sites for hydroxylation is 1. The molecule has 5 rings (SSSR count). The third-order valence-corrected chi connectivity index (χ3v) is 6.97. The van der Waals surface area contributed by atoms with Crippen LogP contribution in [0.15, 0.2) is 59.6 Å². The Kier molecular flexibility index (Phi) is 6.85. The molecule has 2 heterocycles. The van der Waals surface area contributed by atoms with Gasteiger partial charge in [-0.2, -0.15) is 0 Å². The predicted molar refractivity (Wildman–Crippen MR) is 146 cm³/mol. The Balaban J connectivity index is 1.17. The number of benzene rings is 1. The number of aliphatic imine (C=N–C) groups is 1. The number of hydrogen-bond acceptors (Lipinski definition) is 7. The standard InChI is InChI=1S/C28H31N7O2/c1-16-4-5-31-14-23(16)19-8-20-10-26(33-15-24(20)25(30)9-19)35-28(37)27(36)34-13-21-7-18(21)6-17(11-29)12-32-22-2-3-22/h4-5,8-12,14-15,18,21-22H,2-3,6-7,13,29-30H2,1H3,(H,34,36)(H,33,35,37). The second-order valence-corrected chi connectivity index (χ2v) is 9.92. The number of nitrogens with zero attached hydrogens (tertiary/aromatic N) is 3. The first-order valence-electron chi connectivity index (χ1n) is 12.5. The SMILES string of the molecule is Cc1ccncc1-c1cc(N)c2cnc(NC(=O)C(=O)NCC3CC3CC(C=NC3CC3)=CN)cc2c1. The van der Waals surface area contributed by atoms with E-state index in [0.717, 1.165) is 58.7 Å². The van der Waals surface area contributed by atoms with Gasteiger partial charge in [0.05, 0.1) is 6.04 Å². The number of allylic oxidation sites excluding steroid dienone is 1. The molecule has 190 valence electrons. The normalized spacial score (nSPS) is 19.2. The summed E-state index contributed by atoms with van der Waals surface area (Å²) < 4.78 is 0. The van der Waals surface area contributed by atoms with Crippen molar-refractivity contribution in [1.29, 1.82) is 0 Å². The maximum Gasteiger partial charge on any atom is 0.314 e. The number of nitrogens with two attached hydrogens (primary N) is 2. The Morgan fingerprint density at radius 3 is 2.76 bits per heavy atom. The van der Waals surface area contributed by atoms with Gasteiger partial charge in [0.25, 0.3) is 0 Å². The lowest BCUT2D eigenvalue weighted by Crippen LogP contribution is -2.36. The Hall–Kier alpha value is -4.27. The van der Waals surface area contributed by atoms with Crippen LogP contribution in [0.5, 0.6) is 0 Å². The number of rotatable bonds is 8. The molecule has 0 radical (unpaired) electrons. The van der Waals surface area contributed by atoms with Gasteiger partial charge in [-0.05, 0) is 97.0 Å². The summed E-state index contributed by atoms with van der Waals surface area (Å²) >= 11 is 0. The summed E-state index contributed by atoms with van der Waals surface area (Å²) in [7, 11) is 0. The second kappa shape index (κ2) is 10.4. The summed E-state index contributed by atoms with van der Waals surface area (Å²) in [6.45, 7) is 2.46. The summed E-state index contributed by atoms with van der Waals surface area (Å²) in [6, 6.07) is 7.97. The summed E-state index contributed by atoms with van der Waals surface area (Å²) in [5, 5.41) is 6.90. The Morgan fingerprint density at radius 1 is 1.16 bits per heavy atom. The minimum absolute atomic E-state index is 0.282. The summed E-state index contributed by atoms with van der Waals surface area (Å²) in [6.07, 6.45) is 12.8. The molecule has 2 atom stereocenters. The van der Waals surface area contributed by atoms with Crippen molar-refractivity contribution in [3.8, 4) is 11.1 Å². The molecule has 0 spiro atoms. The first-order chi connectivity index (χ1) is 17.9. The number of carbonyl (C=O) groups is 2. The van der Waals surface area contributed by atoms with Crippen molar-refractivity contribution in [3.05, 3.63) is 60.2 Å². The zero-order valence-corrected chi connectivity index (χ0v) is 20.8. The number of nitrogen functional groups attached to an aromatic ring is 1. The fourth-order valence-electron chi connectivity index (χ4n) is 4.45. The number of carbonyl (C=O) groups excluding carboxylic acids is 2. The third-order valence-electron chi connectivity index (χ3n) is 6.97. The van der Waals surface area contributed by atoms with Gasteiger partial charge >= 0.3 is 11.8 Å². The highest BCUT2D eigenvalue weighted by molar-refractivity contribution is 6.39. The van der Waals surface area contributed by atoms with Gasteiger partial charge in [-0.3, -0.25) is 19.6 Å². The number of nitrogens with one attached hydrogen (secondary N) is 2. The molecule has 3 aromatic rings. The predicted octanol–water partition coefficient (Wildman–Crippen LogP) is 3.34. The quantitative estimate of drug-likeness (QED) is 0.213. The fraction of sp³-hybridized carbons (Fsp3) is 0.321. The molecule has 2 fully saturated rings. The minimum Gasteiger partial charge on any atom is -0.404 e. The van der Waals surface area contributed by atoms with Gasteiger partial charge in [-0.1, -0.05) is 0 Å². The highest BCUT2D eigenvalue weighted by atomic mass is 16.2. The van der Waals surface area contributed by atoms with Gasteiger partial charge in [-0.25, -0.2) is 4.98 Å². The van der Waals surface area contributed by atoms with E-state index >= 15 is 0 Å².